The Bertz CT molecular complexity index is 2260. The van der Waals surface area contributed by atoms with Gasteiger partial charge in [0, 0.05) is 0 Å². The summed E-state index contributed by atoms with van der Waals surface area (Å²) in [4.78, 5) is 81.2. The minimum Gasteiger partial charge on any atom is -0.467 e. The molecule has 1 amide bonds. The summed E-state index contributed by atoms with van der Waals surface area (Å²) in [5.74, 6) is -4.44. The zero-order valence-electron chi connectivity index (χ0n) is 33.6. The smallest absolute Gasteiger partial charge is 0.408 e. The zero-order valence-corrected chi connectivity index (χ0v) is 33.6. The fourth-order valence-electron chi connectivity index (χ4n) is 6.31. The number of carbonyl (C=O) groups excluding carboxylic acids is 6. The Morgan fingerprint density at radius 3 is 1.44 bits per heavy atom. The Hall–Kier alpha value is -7.36. The first-order valence-corrected chi connectivity index (χ1v) is 19.5. The predicted molar refractivity (Wildman–Crippen MR) is 218 cm³/mol. The van der Waals surface area contributed by atoms with Crippen LogP contribution in [0.15, 0.2) is 152 Å². The van der Waals surface area contributed by atoms with Gasteiger partial charge in [0.15, 0.2) is 30.6 Å². The van der Waals surface area contributed by atoms with E-state index in [4.69, 9.17) is 37.9 Å². The molecule has 1 aliphatic heterocycles. The molecule has 1 heterocycles. The van der Waals surface area contributed by atoms with E-state index in [1.165, 1.54) is 55.5 Å². The van der Waals surface area contributed by atoms with Crippen molar-refractivity contribution in [3.8, 4) is 0 Å². The van der Waals surface area contributed by atoms with Gasteiger partial charge < -0.3 is 43.2 Å². The lowest BCUT2D eigenvalue weighted by atomic mass is 9.97. The zero-order chi connectivity index (χ0) is 43.8. The minimum absolute atomic E-state index is 0.0828. The van der Waals surface area contributed by atoms with Gasteiger partial charge in [-0.15, -0.1) is 0 Å². The highest BCUT2D eigenvalue weighted by molar-refractivity contribution is 5.91. The highest BCUT2D eigenvalue weighted by Gasteiger charge is 2.54. The van der Waals surface area contributed by atoms with E-state index < -0.39 is 85.4 Å². The van der Waals surface area contributed by atoms with Gasteiger partial charge in [-0.05, 0) is 61.0 Å². The van der Waals surface area contributed by atoms with E-state index in [1.807, 2.05) is 0 Å². The van der Waals surface area contributed by atoms with Crippen LogP contribution in [0.25, 0.3) is 0 Å². The predicted octanol–water partition coefficient (Wildman–Crippen LogP) is 6.12. The summed E-state index contributed by atoms with van der Waals surface area (Å²) in [5.41, 5.74) is 1.14. The van der Waals surface area contributed by atoms with Crippen molar-refractivity contribution < 1.29 is 66.7 Å². The number of ether oxygens (including phenoxy) is 8. The number of rotatable bonds is 16. The van der Waals surface area contributed by atoms with Crippen LogP contribution in [0.3, 0.4) is 0 Å². The first kappa shape index (κ1) is 44.2. The number of benzene rings is 5. The van der Waals surface area contributed by atoms with Crippen molar-refractivity contribution >= 4 is 35.9 Å². The van der Waals surface area contributed by atoms with Crippen LogP contribution in [0.1, 0.15) is 53.9 Å². The quantitative estimate of drug-likeness (QED) is 0.0884. The standard InChI is InChI=1S/C47H43NO14/c1-30(37(45(53)55-2)48-47(54)57-28-31-18-8-3-9-19-31)58-46-40(62-44(52)35-26-16-7-17-27-35)39(61-43(51)34-24-14-6-15-25-34)38(60-42(50)33-22-12-5-13-23-33)36(59-46)29-56-41(49)32-20-10-4-11-21-32/h3-27,30,36-40,46H,28-29H2,1-2H3,(H,48,54)/t30?,36?,37-,38-,39-,40?,46+/m0/s1. The molecule has 1 N–H and O–H groups in total. The molecule has 7 atom stereocenters. The lowest BCUT2D eigenvalue weighted by molar-refractivity contribution is -0.308. The Morgan fingerprint density at radius 2 is 0.968 bits per heavy atom. The van der Waals surface area contributed by atoms with Crippen molar-refractivity contribution in [3.63, 3.8) is 0 Å². The van der Waals surface area contributed by atoms with Crippen molar-refractivity contribution in [1.29, 1.82) is 0 Å². The Labute approximate surface area is 356 Å². The van der Waals surface area contributed by atoms with Gasteiger partial charge in [0.05, 0.1) is 35.5 Å². The van der Waals surface area contributed by atoms with Crippen LogP contribution in [0, 0.1) is 0 Å². The van der Waals surface area contributed by atoms with E-state index in [-0.39, 0.29) is 28.9 Å². The van der Waals surface area contributed by atoms with Gasteiger partial charge in [-0.2, -0.15) is 0 Å². The molecule has 62 heavy (non-hydrogen) atoms. The second-order valence-electron chi connectivity index (χ2n) is 13.8. The van der Waals surface area contributed by atoms with E-state index in [1.54, 1.807) is 103 Å². The summed E-state index contributed by atoms with van der Waals surface area (Å²) < 4.78 is 46.9. The van der Waals surface area contributed by atoms with Crippen LogP contribution in [-0.2, 0) is 49.3 Å². The molecule has 0 saturated carbocycles. The minimum atomic E-state index is -1.77. The number of hydrogen-bond donors (Lipinski definition) is 1. The molecule has 15 heteroatoms. The van der Waals surface area contributed by atoms with E-state index in [2.05, 4.69) is 5.32 Å². The SMILES string of the molecule is COC(=O)[C@@H](NC(=O)OCc1ccccc1)C(C)O[C@@H]1OC(COC(=O)c2ccccc2)[C@H](OC(=O)c2ccccc2)[C@H](OC(=O)c2ccccc2)C1OC(=O)c1ccccc1. The third kappa shape index (κ3) is 11.9. The first-order chi connectivity index (χ1) is 30.1. The van der Waals surface area contributed by atoms with Crippen LogP contribution in [0.5, 0.6) is 0 Å². The summed E-state index contributed by atoms with van der Waals surface area (Å²) >= 11 is 0. The number of hydrogen-bond acceptors (Lipinski definition) is 14. The highest BCUT2D eigenvalue weighted by atomic mass is 16.7. The second-order valence-corrected chi connectivity index (χ2v) is 13.8. The molecule has 15 nitrogen and oxygen atoms in total. The van der Waals surface area contributed by atoms with E-state index in [0.29, 0.717) is 5.56 Å². The van der Waals surface area contributed by atoms with Crippen LogP contribution >= 0.6 is 0 Å². The Morgan fingerprint density at radius 1 is 0.548 bits per heavy atom. The molecule has 3 unspecified atom stereocenters. The second kappa shape index (κ2) is 21.8. The maximum Gasteiger partial charge on any atom is 0.408 e. The lowest BCUT2D eigenvalue weighted by Crippen LogP contribution is -2.64. The van der Waals surface area contributed by atoms with Crippen LogP contribution in [-0.4, -0.2) is 92.5 Å². The van der Waals surface area contributed by atoms with E-state index >= 15 is 0 Å². The monoisotopic (exact) mass is 845 g/mol. The number of alkyl carbamates (subject to hydrolysis) is 1. The molecule has 6 rings (SSSR count). The summed E-state index contributed by atoms with van der Waals surface area (Å²) in [6.07, 6.45) is -10.7. The molecule has 0 aliphatic carbocycles. The molecular weight excluding hydrogens is 803 g/mol. The number of nitrogens with one attached hydrogen (secondary N) is 1. The number of methoxy groups -OCH3 is 1. The maximum absolute atomic E-state index is 13.9. The third-order valence-electron chi connectivity index (χ3n) is 9.50. The van der Waals surface area contributed by atoms with Gasteiger partial charge in [-0.1, -0.05) is 103 Å². The summed E-state index contributed by atoms with van der Waals surface area (Å²) in [7, 11) is 1.10. The van der Waals surface area contributed by atoms with Crippen LogP contribution in [0.2, 0.25) is 0 Å². The third-order valence-corrected chi connectivity index (χ3v) is 9.50. The molecule has 0 spiro atoms. The summed E-state index contributed by atoms with van der Waals surface area (Å²) in [6, 6.07) is 38.9. The van der Waals surface area contributed by atoms with Gasteiger partial charge in [-0.25, -0.2) is 28.8 Å². The maximum atomic E-state index is 13.9. The van der Waals surface area contributed by atoms with E-state index in [9.17, 15) is 28.8 Å². The molecule has 0 bridgehead atoms. The molecule has 5 aromatic carbocycles. The fraction of sp³-hybridized carbons (Fsp3) is 0.234. The van der Waals surface area contributed by atoms with Gasteiger partial charge >= 0.3 is 35.9 Å². The Kier molecular flexibility index (Phi) is 15.5. The van der Waals surface area contributed by atoms with Crippen molar-refractivity contribution in [2.75, 3.05) is 13.7 Å². The molecule has 320 valence electrons. The van der Waals surface area contributed by atoms with Crippen molar-refractivity contribution in [2.45, 2.75) is 56.4 Å². The number of amides is 1. The average molecular weight is 846 g/mol. The van der Waals surface area contributed by atoms with Crippen LogP contribution < -0.4 is 5.32 Å². The normalized spacial score (nSPS) is 19.0. The highest BCUT2D eigenvalue weighted by Crippen LogP contribution is 2.33. The molecule has 1 fully saturated rings. The van der Waals surface area contributed by atoms with Crippen molar-refractivity contribution in [2.24, 2.45) is 0 Å². The van der Waals surface area contributed by atoms with Crippen molar-refractivity contribution in [1.82, 2.24) is 5.32 Å². The van der Waals surface area contributed by atoms with Crippen LogP contribution in [0.4, 0.5) is 4.79 Å². The molecule has 0 aromatic heterocycles. The molecule has 0 radical (unpaired) electrons. The molecular formula is C47H43NO14. The topological polar surface area (TPSA) is 188 Å². The summed E-state index contributed by atoms with van der Waals surface area (Å²) in [6.45, 7) is 0.660. The lowest BCUT2D eigenvalue weighted by Gasteiger charge is -2.45. The Balaban J connectivity index is 1.38. The first-order valence-electron chi connectivity index (χ1n) is 19.5. The van der Waals surface area contributed by atoms with Gasteiger partial charge in [0.1, 0.15) is 19.3 Å². The fourth-order valence-corrected chi connectivity index (χ4v) is 6.31. The van der Waals surface area contributed by atoms with E-state index in [0.717, 1.165) is 7.11 Å². The largest absolute Gasteiger partial charge is 0.467 e. The van der Waals surface area contributed by atoms with Crippen molar-refractivity contribution in [3.05, 3.63) is 179 Å². The van der Waals surface area contributed by atoms with Gasteiger partial charge in [0.25, 0.3) is 0 Å². The average Bonchev–Trinajstić information content (AvgIpc) is 3.32. The number of esters is 5. The number of carbonyl (C=O) groups is 6. The molecule has 1 saturated heterocycles. The molecule has 5 aromatic rings. The summed E-state index contributed by atoms with van der Waals surface area (Å²) in [5, 5.41) is 2.45. The van der Waals surface area contributed by atoms with Gasteiger partial charge in [0.2, 0.25) is 0 Å². The molecule has 1 aliphatic rings. The van der Waals surface area contributed by atoms with Gasteiger partial charge in [-0.3, -0.25) is 0 Å².